The second-order valence-corrected chi connectivity index (χ2v) is 4.14. The van der Waals surface area contributed by atoms with Crippen LogP contribution < -0.4 is 11.5 Å². The van der Waals surface area contributed by atoms with Gasteiger partial charge in [0.2, 0.25) is 0 Å². The van der Waals surface area contributed by atoms with E-state index < -0.39 is 6.04 Å². The van der Waals surface area contributed by atoms with E-state index >= 15 is 0 Å². The Kier molecular flexibility index (Phi) is 3.39. The topological polar surface area (TPSA) is 82.0 Å². The molecular weight excluding hydrogens is 226 g/mol. The van der Waals surface area contributed by atoms with Gasteiger partial charge in [-0.3, -0.25) is 4.79 Å². The van der Waals surface area contributed by atoms with E-state index in [4.69, 9.17) is 11.5 Å². The van der Waals surface area contributed by atoms with Crippen LogP contribution in [0.2, 0.25) is 0 Å². The molecule has 92 valence electrons. The van der Waals surface area contributed by atoms with Crippen LogP contribution in [0.5, 0.6) is 0 Å². The standard InChI is InChI=1S/C14H15N3O/c1-9-7-8-17-14(16)11(9)13(18)12(15)10-5-3-2-4-6-10/h2-8,12H,15H2,1H3,(H2,16,17). The number of carbonyl (C=O) groups excluding carboxylic acids is 1. The van der Waals surface area contributed by atoms with Crippen molar-refractivity contribution in [2.24, 2.45) is 5.73 Å². The van der Waals surface area contributed by atoms with E-state index in [1.165, 1.54) is 0 Å². The van der Waals surface area contributed by atoms with E-state index in [9.17, 15) is 4.79 Å². The van der Waals surface area contributed by atoms with Gasteiger partial charge in [0.05, 0.1) is 11.6 Å². The van der Waals surface area contributed by atoms with Gasteiger partial charge in [0.15, 0.2) is 5.78 Å². The Morgan fingerprint density at radius 1 is 1.22 bits per heavy atom. The second kappa shape index (κ2) is 4.98. The van der Waals surface area contributed by atoms with Gasteiger partial charge < -0.3 is 11.5 Å². The zero-order valence-corrected chi connectivity index (χ0v) is 10.1. The van der Waals surface area contributed by atoms with Gasteiger partial charge in [-0.1, -0.05) is 30.3 Å². The zero-order chi connectivity index (χ0) is 13.1. The summed E-state index contributed by atoms with van der Waals surface area (Å²) in [4.78, 5) is 16.3. The first-order valence-corrected chi connectivity index (χ1v) is 5.67. The molecule has 2 rings (SSSR count). The molecule has 2 aromatic rings. The molecule has 4 nitrogen and oxygen atoms in total. The van der Waals surface area contributed by atoms with Gasteiger partial charge in [0.1, 0.15) is 5.82 Å². The molecule has 1 aromatic carbocycles. The van der Waals surface area contributed by atoms with Crippen molar-refractivity contribution in [1.82, 2.24) is 4.98 Å². The SMILES string of the molecule is Cc1ccnc(N)c1C(=O)C(N)c1ccccc1. The zero-order valence-electron chi connectivity index (χ0n) is 10.1. The summed E-state index contributed by atoms with van der Waals surface area (Å²) < 4.78 is 0. The van der Waals surface area contributed by atoms with Gasteiger partial charge in [-0.2, -0.15) is 0 Å². The van der Waals surface area contributed by atoms with Crippen molar-refractivity contribution in [2.75, 3.05) is 5.73 Å². The molecule has 1 unspecified atom stereocenters. The summed E-state index contributed by atoms with van der Waals surface area (Å²) in [5, 5.41) is 0. The first-order chi connectivity index (χ1) is 8.61. The fourth-order valence-electron chi connectivity index (χ4n) is 1.87. The smallest absolute Gasteiger partial charge is 0.188 e. The van der Waals surface area contributed by atoms with E-state index in [0.29, 0.717) is 5.56 Å². The number of Topliss-reactive ketones (excluding diaryl/α,β-unsaturated/α-hetero) is 1. The van der Waals surface area contributed by atoms with Gasteiger partial charge in [-0.25, -0.2) is 4.98 Å². The monoisotopic (exact) mass is 241 g/mol. The third-order valence-corrected chi connectivity index (χ3v) is 2.88. The molecule has 18 heavy (non-hydrogen) atoms. The number of carbonyl (C=O) groups is 1. The van der Waals surface area contributed by atoms with Crippen LogP contribution in [-0.4, -0.2) is 10.8 Å². The fraction of sp³-hybridized carbons (Fsp3) is 0.143. The molecule has 1 atom stereocenters. The van der Waals surface area contributed by atoms with Crippen molar-refractivity contribution in [1.29, 1.82) is 0 Å². The average Bonchev–Trinajstić information content (AvgIpc) is 2.38. The highest BCUT2D eigenvalue weighted by Crippen LogP contribution is 2.21. The maximum absolute atomic E-state index is 12.3. The molecule has 0 aliphatic heterocycles. The van der Waals surface area contributed by atoms with Crippen molar-refractivity contribution in [2.45, 2.75) is 13.0 Å². The lowest BCUT2D eigenvalue weighted by Gasteiger charge is -2.13. The molecule has 0 aliphatic carbocycles. The number of aromatic nitrogens is 1. The van der Waals surface area contributed by atoms with E-state index in [2.05, 4.69) is 4.98 Å². The van der Waals surface area contributed by atoms with Crippen molar-refractivity contribution in [3.8, 4) is 0 Å². The summed E-state index contributed by atoms with van der Waals surface area (Å²) in [6.45, 7) is 1.82. The average molecular weight is 241 g/mol. The minimum Gasteiger partial charge on any atom is -0.383 e. The first kappa shape index (κ1) is 12.3. The molecular formula is C14H15N3O. The number of ketones is 1. The molecule has 0 fully saturated rings. The molecule has 0 radical (unpaired) electrons. The number of hydrogen-bond acceptors (Lipinski definition) is 4. The maximum atomic E-state index is 12.3. The Labute approximate surface area is 106 Å². The fourth-order valence-corrected chi connectivity index (χ4v) is 1.87. The van der Waals surface area contributed by atoms with E-state index in [0.717, 1.165) is 11.1 Å². The molecule has 1 aromatic heterocycles. The van der Waals surface area contributed by atoms with Crippen molar-refractivity contribution in [3.63, 3.8) is 0 Å². The van der Waals surface area contributed by atoms with Crippen molar-refractivity contribution in [3.05, 3.63) is 59.3 Å². The highest BCUT2D eigenvalue weighted by Gasteiger charge is 2.21. The molecule has 4 heteroatoms. The number of benzene rings is 1. The number of hydrogen-bond donors (Lipinski definition) is 2. The molecule has 0 bridgehead atoms. The van der Waals surface area contributed by atoms with Gasteiger partial charge in [0.25, 0.3) is 0 Å². The molecule has 4 N–H and O–H groups in total. The number of pyridine rings is 1. The molecule has 0 aliphatic rings. The highest BCUT2D eigenvalue weighted by atomic mass is 16.1. The predicted octanol–water partition coefficient (Wildman–Crippen LogP) is 1.85. The summed E-state index contributed by atoms with van der Waals surface area (Å²) in [7, 11) is 0. The minimum absolute atomic E-state index is 0.204. The van der Waals surface area contributed by atoms with Gasteiger partial charge in [-0.15, -0.1) is 0 Å². The Morgan fingerprint density at radius 3 is 2.50 bits per heavy atom. The van der Waals surface area contributed by atoms with Crippen LogP contribution in [0.15, 0.2) is 42.6 Å². The summed E-state index contributed by atoms with van der Waals surface area (Å²) in [6.07, 6.45) is 1.58. The van der Waals surface area contributed by atoms with Crippen LogP contribution in [-0.2, 0) is 0 Å². The van der Waals surface area contributed by atoms with Crippen LogP contribution >= 0.6 is 0 Å². The van der Waals surface area contributed by atoms with Crippen LogP contribution in [0.25, 0.3) is 0 Å². The number of nitrogens with two attached hydrogens (primary N) is 2. The summed E-state index contributed by atoms with van der Waals surface area (Å²) in [5.41, 5.74) is 13.7. The summed E-state index contributed by atoms with van der Waals surface area (Å²) in [5.74, 6) is 0.0238. The van der Waals surface area contributed by atoms with Gasteiger partial charge >= 0.3 is 0 Å². The third-order valence-electron chi connectivity index (χ3n) is 2.88. The van der Waals surface area contributed by atoms with Gasteiger partial charge in [-0.05, 0) is 24.1 Å². The van der Waals surface area contributed by atoms with Crippen LogP contribution in [0.3, 0.4) is 0 Å². The second-order valence-electron chi connectivity index (χ2n) is 4.14. The van der Waals surface area contributed by atoms with Gasteiger partial charge in [0, 0.05) is 6.20 Å². The summed E-state index contributed by atoms with van der Waals surface area (Å²) in [6, 6.07) is 10.3. The predicted molar refractivity (Wildman–Crippen MR) is 71.1 cm³/mol. The lowest BCUT2D eigenvalue weighted by molar-refractivity contribution is 0.0961. The number of nitrogens with zero attached hydrogens (tertiary/aromatic N) is 1. The number of anilines is 1. The minimum atomic E-state index is -0.712. The highest BCUT2D eigenvalue weighted by molar-refractivity contribution is 6.05. The molecule has 0 saturated heterocycles. The number of nitrogen functional groups attached to an aromatic ring is 1. The quantitative estimate of drug-likeness (QED) is 0.803. The molecule has 0 amide bonds. The van der Waals surface area contributed by atoms with E-state index in [1.807, 2.05) is 37.3 Å². The Hall–Kier alpha value is -2.20. The normalized spacial score (nSPS) is 12.1. The first-order valence-electron chi connectivity index (χ1n) is 5.67. The number of aryl methyl sites for hydroxylation is 1. The Balaban J connectivity index is 2.38. The lowest BCUT2D eigenvalue weighted by atomic mass is 9.96. The Bertz CT molecular complexity index is 546. The summed E-state index contributed by atoms with van der Waals surface area (Å²) >= 11 is 0. The molecule has 1 heterocycles. The van der Waals surface area contributed by atoms with Crippen molar-refractivity contribution >= 4 is 11.6 Å². The lowest BCUT2D eigenvalue weighted by Crippen LogP contribution is -2.23. The van der Waals surface area contributed by atoms with E-state index in [1.54, 1.807) is 12.3 Å². The molecule has 0 saturated carbocycles. The van der Waals surface area contributed by atoms with Crippen LogP contribution in [0.1, 0.15) is 27.5 Å². The van der Waals surface area contributed by atoms with Crippen molar-refractivity contribution < 1.29 is 4.79 Å². The molecule has 0 spiro atoms. The third kappa shape index (κ3) is 2.24. The van der Waals surface area contributed by atoms with E-state index in [-0.39, 0.29) is 11.6 Å². The van der Waals surface area contributed by atoms with Crippen LogP contribution in [0, 0.1) is 6.92 Å². The van der Waals surface area contributed by atoms with Crippen LogP contribution in [0.4, 0.5) is 5.82 Å². The largest absolute Gasteiger partial charge is 0.383 e. The Morgan fingerprint density at radius 2 is 1.89 bits per heavy atom. The number of rotatable bonds is 3. The maximum Gasteiger partial charge on any atom is 0.188 e.